The fraction of sp³-hybridized carbons (Fsp3) is 0.417. The maximum absolute atomic E-state index is 13.6. The van der Waals surface area contributed by atoms with Crippen molar-refractivity contribution in [2.24, 2.45) is 0 Å². The standard InChI is InChI=1S/C12H13F2NS/c13-10-5-2-4-9(12(10)14)8-3-1-6-11(16)15-7-8/h2,4-5,8H,1,3,6-7H2,(H,15,16). The molecule has 1 aliphatic rings. The second-order valence-electron chi connectivity index (χ2n) is 4.04. The second kappa shape index (κ2) is 4.87. The summed E-state index contributed by atoms with van der Waals surface area (Å²) in [5.41, 5.74) is 0.456. The molecule has 0 amide bonds. The fourth-order valence-electron chi connectivity index (χ4n) is 2.04. The molecule has 2 rings (SSSR count). The van der Waals surface area contributed by atoms with Crippen LogP contribution in [0.1, 0.15) is 30.7 Å². The molecule has 1 heterocycles. The maximum atomic E-state index is 13.6. The van der Waals surface area contributed by atoms with Crippen molar-refractivity contribution >= 4 is 17.2 Å². The van der Waals surface area contributed by atoms with E-state index in [-0.39, 0.29) is 5.92 Å². The molecule has 0 bridgehead atoms. The minimum absolute atomic E-state index is 0.0103. The van der Waals surface area contributed by atoms with Gasteiger partial charge in [0.2, 0.25) is 0 Å². The number of benzene rings is 1. The van der Waals surface area contributed by atoms with E-state index in [1.165, 1.54) is 0 Å². The molecule has 1 nitrogen and oxygen atoms in total. The van der Waals surface area contributed by atoms with Crippen molar-refractivity contribution in [1.82, 2.24) is 5.32 Å². The summed E-state index contributed by atoms with van der Waals surface area (Å²) in [6.07, 6.45) is 2.60. The Morgan fingerprint density at radius 2 is 2.12 bits per heavy atom. The molecule has 1 aromatic rings. The van der Waals surface area contributed by atoms with E-state index in [2.05, 4.69) is 5.32 Å². The average molecular weight is 241 g/mol. The average Bonchev–Trinajstić information content (AvgIpc) is 2.47. The predicted molar refractivity (Wildman–Crippen MR) is 63.6 cm³/mol. The molecule has 86 valence electrons. The Labute approximate surface area is 98.9 Å². The van der Waals surface area contributed by atoms with Crippen LogP contribution < -0.4 is 5.32 Å². The van der Waals surface area contributed by atoms with Crippen molar-refractivity contribution in [1.29, 1.82) is 0 Å². The molecule has 0 spiro atoms. The van der Waals surface area contributed by atoms with Gasteiger partial charge >= 0.3 is 0 Å². The molecule has 1 N–H and O–H groups in total. The number of thiocarbonyl (C=S) groups is 1. The highest BCUT2D eigenvalue weighted by Gasteiger charge is 2.20. The smallest absolute Gasteiger partial charge is 0.162 e. The lowest BCUT2D eigenvalue weighted by atomic mass is 9.94. The van der Waals surface area contributed by atoms with Crippen LogP contribution in [0.4, 0.5) is 8.78 Å². The van der Waals surface area contributed by atoms with E-state index in [0.29, 0.717) is 12.1 Å². The molecule has 1 aromatic carbocycles. The van der Waals surface area contributed by atoms with Gasteiger partial charge in [-0.15, -0.1) is 0 Å². The van der Waals surface area contributed by atoms with E-state index < -0.39 is 11.6 Å². The predicted octanol–water partition coefficient (Wildman–Crippen LogP) is 3.15. The van der Waals surface area contributed by atoms with Crippen LogP contribution in [0.3, 0.4) is 0 Å². The number of hydrogen-bond donors (Lipinski definition) is 1. The molecule has 1 saturated heterocycles. The minimum atomic E-state index is -0.774. The van der Waals surface area contributed by atoms with Crippen LogP contribution in [0.15, 0.2) is 18.2 Å². The third kappa shape index (κ3) is 2.38. The second-order valence-corrected chi connectivity index (χ2v) is 4.53. The normalized spacial score (nSPS) is 21.4. The van der Waals surface area contributed by atoms with Crippen molar-refractivity contribution in [3.63, 3.8) is 0 Å². The van der Waals surface area contributed by atoms with Crippen LogP contribution in [-0.2, 0) is 0 Å². The van der Waals surface area contributed by atoms with Gasteiger partial charge in [0.25, 0.3) is 0 Å². The summed E-state index contributed by atoms with van der Waals surface area (Å²) in [6, 6.07) is 4.35. The number of rotatable bonds is 1. The molecule has 1 fully saturated rings. The van der Waals surface area contributed by atoms with E-state index in [1.807, 2.05) is 0 Å². The monoisotopic (exact) mass is 241 g/mol. The Hall–Kier alpha value is -1.03. The lowest BCUT2D eigenvalue weighted by Crippen LogP contribution is -2.24. The van der Waals surface area contributed by atoms with Crippen LogP contribution in [-0.4, -0.2) is 11.5 Å². The Kier molecular flexibility index (Phi) is 3.49. The van der Waals surface area contributed by atoms with Gasteiger partial charge in [-0.2, -0.15) is 0 Å². The van der Waals surface area contributed by atoms with Crippen LogP contribution in [0.2, 0.25) is 0 Å². The van der Waals surface area contributed by atoms with E-state index in [1.54, 1.807) is 12.1 Å². The van der Waals surface area contributed by atoms with E-state index in [4.69, 9.17) is 12.2 Å². The molecule has 16 heavy (non-hydrogen) atoms. The first-order valence-corrected chi connectivity index (χ1v) is 5.80. The summed E-state index contributed by atoms with van der Waals surface area (Å²) >= 11 is 5.07. The van der Waals surface area contributed by atoms with Crippen LogP contribution in [0.25, 0.3) is 0 Å². The summed E-state index contributed by atoms with van der Waals surface area (Å²) in [5, 5.41) is 3.08. The molecule has 0 aromatic heterocycles. The molecule has 1 atom stereocenters. The quantitative estimate of drug-likeness (QED) is 0.758. The number of nitrogens with one attached hydrogen (secondary N) is 1. The van der Waals surface area contributed by atoms with Gasteiger partial charge in [-0.25, -0.2) is 8.78 Å². The van der Waals surface area contributed by atoms with Crippen molar-refractivity contribution in [3.8, 4) is 0 Å². The summed E-state index contributed by atoms with van der Waals surface area (Å²) in [7, 11) is 0. The van der Waals surface area contributed by atoms with Crippen molar-refractivity contribution in [2.75, 3.05) is 6.54 Å². The van der Waals surface area contributed by atoms with Crippen molar-refractivity contribution in [3.05, 3.63) is 35.4 Å². The SMILES string of the molecule is Fc1cccc(C2CCCC(=S)NC2)c1F. The van der Waals surface area contributed by atoms with Gasteiger partial charge in [0.05, 0.1) is 4.99 Å². The first kappa shape index (κ1) is 11.5. The summed E-state index contributed by atoms with van der Waals surface area (Å²) in [4.78, 5) is 0.819. The molecule has 0 saturated carbocycles. The largest absolute Gasteiger partial charge is 0.379 e. The maximum Gasteiger partial charge on any atom is 0.162 e. The summed E-state index contributed by atoms with van der Waals surface area (Å²) < 4.78 is 26.7. The van der Waals surface area contributed by atoms with E-state index in [9.17, 15) is 8.78 Å². The third-order valence-electron chi connectivity index (χ3n) is 2.92. The van der Waals surface area contributed by atoms with Crippen LogP contribution >= 0.6 is 12.2 Å². The van der Waals surface area contributed by atoms with Gasteiger partial charge in [0.1, 0.15) is 0 Å². The lowest BCUT2D eigenvalue weighted by Gasteiger charge is -2.15. The number of halogens is 2. The Morgan fingerprint density at radius 1 is 1.31 bits per heavy atom. The zero-order valence-corrected chi connectivity index (χ0v) is 9.62. The molecule has 0 aliphatic carbocycles. The van der Waals surface area contributed by atoms with Gasteiger partial charge in [0, 0.05) is 12.5 Å². The molecule has 1 aliphatic heterocycles. The molecular formula is C12H13F2NS. The highest BCUT2D eigenvalue weighted by molar-refractivity contribution is 7.80. The van der Waals surface area contributed by atoms with Gasteiger partial charge < -0.3 is 5.32 Å². The van der Waals surface area contributed by atoms with Crippen molar-refractivity contribution in [2.45, 2.75) is 25.2 Å². The van der Waals surface area contributed by atoms with Crippen LogP contribution in [0.5, 0.6) is 0 Å². The zero-order valence-electron chi connectivity index (χ0n) is 8.80. The Bertz CT molecular complexity index is 406. The molecule has 4 heteroatoms. The van der Waals surface area contributed by atoms with Gasteiger partial charge in [0.15, 0.2) is 11.6 Å². The lowest BCUT2D eigenvalue weighted by molar-refractivity contribution is 0.480. The highest BCUT2D eigenvalue weighted by Crippen LogP contribution is 2.27. The number of hydrogen-bond acceptors (Lipinski definition) is 1. The van der Waals surface area contributed by atoms with Crippen molar-refractivity contribution < 1.29 is 8.78 Å². The molecule has 0 radical (unpaired) electrons. The third-order valence-corrected chi connectivity index (χ3v) is 3.27. The Morgan fingerprint density at radius 3 is 2.94 bits per heavy atom. The van der Waals surface area contributed by atoms with Gasteiger partial charge in [-0.3, -0.25) is 0 Å². The molecule has 1 unspecified atom stereocenters. The van der Waals surface area contributed by atoms with E-state index in [0.717, 1.165) is 30.3 Å². The van der Waals surface area contributed by atoms with Gasteiger partial charge in [-0.05, 0) is 30.9 Å². The Balaban J connectivity index is 2.23. The summed E-state index contributed by atoms with van der Waals surface area (Å²) in [5.74, 6) is -1.48. The topological polar surface area (TPSA) is 12.0 Å². The minimum Gasteiger partial charge on any atom is -0.379 e. The van der Waals surface area contributed by atoms with E-state index >= 15 is 0 Å². The van der Waals surface area contributed by atoms with Gasteiger partial charge in [-0.1, -0.05) is 24.4 Å². The fourth-order valence-corrected chi connectivity index (χ4v) is 2.27. The first-order chi connectivity index (χ1) is 7.68. The zero-order chi connectivity index (χ0) is 11.5. The van der Waals surface area contributed by atoms with Crippen LogP contribution in [0, 0.1) is 11.6 Å². The first-order valence-electron chi connectivity index (χ1n) is 5.39. The highest BCUT2D eigenvalue weighted by atomic mass is 32.1. The molecular weight excluding hydrogens is 228 g/mol. The summed E-state index contributed by atoms with van der Waals surface area (Å²) in [6.45, 7) is 0.596.